The number of hydrogen-bond donors (Lipinski definition) is 4. The lowest BCUT2D eigenvalue weighted by Gasteiger charge is -2.30. The minimum Gasteiger partial charge on any atom is -0.395 e. The van der Waals surface area contributed by atoms with E-state index in [1.54, 1.807) is 0 Å². The van der Waals surface area contributed by atoms with Gasteiger partial charge in [-0.1, -0.05) is 30.3 Å². The summed E-state index contributed by atoms with van der Waals surface area (Å²) >= 11 is 0. The van der Waals surface area contributed by atoms with Crippen LogP contribution < -0.4 is 11.1 Å². The summed E-state index contributed by atoms with van der Waals surface area (Å²) < 4.78 is 0. The van der Waals surface area contributed by atoms with Gasteiger partial charge in [-0.05, 0) is 17.5 Å². The topological polar surface area (TPSA) is 103 Å². The molecule has 1 aliphatic rings. The monoisotopic (exact) mass is 338 g/mol. The van der Waals surface area contributed by atoms with E-state index in [1.165, 1.54) is 11.1 Å². The van der Waals surface area contributed by atoms with E-state index in [-0.39, 0.29) is 6.61 Å². The number of nitrogen functional groups attached to an aromatic ring is 1. The molecule has 25 heavy (non-hydrogen) atoms. The average Bonchev–Trinajstić information content (AvgIpc) is 3.01. The van der Waals surface area contributed by atoms with Crippen molar-refractivity contribution in [1.82, 2.24) is 20.1 Å². The number of H-pyrrole nitrogens is 1. The third-order valence-corrected chi connectivity index (χ3v) is 4.66. The van der Waals surface area contributed by atoms with Gasteiger partial charge < -0.3 is 16.2 Å². The molecule has 5 N–H and O–H groups in total. The van der Waals surface area contributed by atoms with Crippen molar-refractivity contribution in [2.45, 2.75) is 19.5 Å². The summed E-state index contributed by atoms with van der Waals surface area (Å²) in [5, 5.41) is 20.4. The molecule has 2 aromatic heterocycles. The predicted molar refractivity (Wildman–Crippen MR) is 98.1 cm³/mol. The second-order valence-corrected chi connectivity index (χ2v) is 6.35. The van der Waals surface area contributed by atoms with Crippen LogP contribution in [0.1, 0.15) is 16.7 Å². The van der Waals surface area contributed by atoms with Crippen LogP contribution in [0.25, 0.3) is 11.0 Å². The Morgan fingerprint density at radius 3 is 2.88 bits per heavy atom. The maximum atomic E-state index is 9.15. The average molecular weight is 338 g/mol. The van der Waals surface area contributed by atoms with Crippen molar-refractivity contribution in [2.75, 3.05) is 30.7 Å². The van der Waals surface area contributed by atoms with Gasteiger partial charge in [0.15, 0.2) is 5.65 Å². The van der Waals surface area contributed by atoms with Gasteiger partial charge in [0.25, 0.3) is 0 Å². The lowest BCUT2D eigenvalue weighted by molar-refractivity contribution is 0.246. The van der Waals surface area contributed by atoms with Gasteiger partial charge >= 0.3 is 0 Å². The summed E-state index contributed by atoms with van der Waals surface area (Å²) in [7, 11) is 0. The number of rotatable bonds is 5. The van der Waals surface area contributed by atoms with Crippen LogP contribution in [0.15, 0.2) is 30.3 Å². The molecular formula is C18H22N6O. The third kappa shape index (κ3) is 3.04. The second kappa shape index (κ2) is 6.70. The zero-order valence-electron chi connectivity index (χ0n) is 14.0. The van der Waals surface area contributed by atoms with E-state index in [0.29, 0.717) is 18.0 Å². The Bertz CT molecular complexity index is 876. The fourth-order valence-corrected chi connectivity index (χ4v) is 3.51. The van der Waals surface area contributed by atoms with E-state index in [4.69, 9.17) is 10.8 Å². The van der Waals surface area contributed by atoms with Crippen molar-refractivity contribution >= 4 is 22.7 Å². The fraction of sp³-hybridized carbons (Fsp3) is 0.333. The van der Waals surface area contributed by atoms with Crippen molar-refractivity contribution < 1.29 is 5.11 Å². The highest BCUT2D eigenvalue weighted by Crippen LogP contribution is 2.33. The highest BCUT2D eigenvalue weighted by atomic mass is 16.3. The standard InChI is InChI=1S/C18H22N6O/c19-16-15-13-6-8-24(10-12-4-2-1-3-5-12)11-14(13)17(20-7-9-25)21-18(15)23-22-16/h1-5,25H,6-11H2,(H4,19,20,21,22,23). The van der Waals surface area contributed by atoms with Crippen LogP contribution in [0.2, 0.25) is 0 Å². The molecule has 0 spiro atoms. The number of pyridine rings is 1. The van der Waals surface area contributed by atoms with Gasteiger partial charge in [0.05, 0.1) is 12.0 Å². The molecule has 0 bridgehead atoms. The number of anilines is 2. The fourth-order valence-electron chi connectivity index (χ4n) is 3.51. The van der Waals surface area contributed by atoms with Crippen molar-refractivity contribution in [3.63, 3.8) is 0 Å². The maximum absolute atomic E-state index is 9.15. The summed E-state index contributed by atoms with van der Waals surface area (Å²) in [6.45, 7) is 3.18. The van der Waals surface area contributed by atoms with Crippen molar-refractivity contribution in [3.8, 4) is 0 Å². The zero-order valence-corrected chi connectivity index (χ0v) is 14.0. The first-order valence-electron chi connectivity index (χ1n) is 8.52. The number of nitrogens with zero attached hydrogens (tertiary/aromatic N) is 3. The molecule has 3 heterocycles. The van der Waals surface area contributed by atoms with Gasteiger partial charge in [-0.2, -0.15) is 5.10 Å². The number of nitrogens with two attached hydrogens (primary N) is 1. The van der Waals surface area contributed by atoms with Gasteiger partial charge in [0.1, 0.15) is 11.6 Å². The van der Waals surface area contributed by atoms with Crippen LogP contribution in [0.3, 0.4) is 0 Å². The first-order valence-corrected chi connectivity index (χ1v) is 8.52. The summed E-state index contributed by atoms with van der Waals surface area (Å²) in [6, 6.07) is 10.5. The molecule has 0 aliphatic carbocycles. The number of aliphatic hydroxyl groups excluding tert-OH is 1. The van der Waals surface area contributed by atoms with Crippen LogP contribution >= 0.6 is 0 Å². The van der Waals surface area contributed by atoms with Gasteiger partial charge in [0, 0.05) is 31.7 Å². The Balaban J connectivity index is 1.69. The normalized spacial score (nSPS) is 14.6. The zero-order chi connectivity index (χ0) is 17.2. The number of aromatic amines is 1. The Hall–Kier alpha value is -2.64. The first kappa shape index (κ1) is 15.9. The SMILES string of the molecule is Nc1[nH]nc2nc(NCCO)c3c(c12)CCN(Cc1ccccc1)C3. The first-order chi connectivity index (χ1) is 12.3. The summed E-state index contributed by atoms with van der Waals surface area (Å²) in [5.74, 6) is 1.37. The van der Waals surface area contributed by atoms with E-state index < -0.39 is 0 Å². The molecule has 1 aliphatic heterocycles. The molecule has 4 rings (SSSR count). The number of benzene rings is 1. The molecule has 7 heteroatoms. The highest BCUT2D eigenvalue weighted by molar-refractivity contribution is 5.92. The molecule has 130 valence electrons. The van der Waals surface area contributed by atoms with E-state index in [1.807, 2.05) is 6.07 Å². The van der Waals surface area contributed by atoms with Crippen molar-refractivity contribution in [2.24, 2.45) is 0 Å². The molecule has 7 nitrogen and oxygen atoms in total. The van der Waals surface area contributed by atoms with E-state index >= 15 is 0 Å². The van der Waals surface area contributed by atoms with Gasteiger partial charge in [-0.25, -0.2) is 4.98 Å². The molecule has 1 aromatic carbocycles. The van der Waals surface area contributed by atoms with E-state index in [9.17, 15) is 0 Å². The minimum atomic E-state index is 0.0604. The third-order valence-electron chi connectivity index (χ3n) is 4.66. The minimum absolute atomic E-state index is 0.0604. The smallest absolute Gasteiger partial charge is 0.185 e. The molecule has 0 amide bonds. The molecule has 0 fully saturated rings. The summed E-state index contributed by atoms with van der Waals surface area (Å²) in [6.07, 6.45) is 0.902. The van der Waals surface area contributed by atoms with Crippen LogP contribution in [-0.4, -0.2) is 44.9 Å². The number of aliphatic hydroxyl groups is 1. The second-order valence-electron chi connectivity index (χ2n) is 6.35. The quantitative estimate of drug-likeness (QED) is 0.562. The van der Waals surface area contributed by atoms with E-state index in [2.05, 4.69) is 49.7 Å². The maximum Gasteiger partial charge on any atom is 0.185 e. The molecular weight excluding hydrogens is 316 g/mol. The highest BCUT2D eigenvalue weighted by Gasteiger charge is 2.25. The Morgan fingerprint density at radius 1 is 1.24 bits per heavy atom. The number of aromatic nitrogens is 3. The van der Waals surface area contributed by atoms with Gasteiger partial charge in [-0.3, -0.25) is 10.00 Å². The Kier molecular flexibility index (Phi) is 4.25. The molecule has 0 saturated heterocycles. The molecule has 0 radical (unpaired) electrons. The van der Waals surface area contributed by atoms with Crippen LogP contribution in [-0.2, 0) is 19.5 Å². The lowest BCUT2D eigenvalue weighted by Crippen LogP contribution is -2.31. The van der Waals surface area contributed by atoms with Crippen LogP contribution in [0.5, 0.6) is 0 Å². The summed E-state index contributed by atoms with van der Waals surface area (Å²) in [4.78, 5) is 7.03. The van der Waals surface area contributed by atoms with E-state index in [0.717, 1.165) is 42.8 Å². The van der Waals surface area contributed by atoms with Crippen molar-refractivity contribution in [1.29, 1.82) is 0 Å². The largest absolute Gasteiger partial charge is 0.395 e. The van der Waals surface area contributed by atoms with Crippen LogP contribution in [0.4, 0.5) is 11.6 Å². The van der Waals surface area contributed by atoms with Crippen molar-refractivity contribution in [3.05, 3.63) is 47.0 Å². The van der Waals surface area contributed by atoms with Gasteiger partial charge in [-0.15, -0.1) is 0 Å². The molecule has 0 atom stereocenters. The lowest BCUT2D eigenvalue weighted by atomic mass is 9.97. The molecule has 0 unspecified atom stereocenters. The summed E-state index contributed by atoms with van der Waals surface area (Å²) in [5.41, 5.74) is 10.4. The van der Waals surface area contributed by atoms with Crippen LogP contribution in [0, 0.1) is 0 Å². The van der Waals surface area contributed by atoms with Gasteiger partial charge in [0.2, 0.25) is 0 Å². The number of hydrogen-bond acceptors (Lipinski definition) is 6. The number of nitrogens with one attached hydrogen (secondary N) is 2. The Morgan fingerprint density at radius 2 is 2.08 bits per heavy atom. The molecule has 3 aromatic rings. The molecule has 0 saturated carbocycles. The predicted octanol–water partition coefficient (Wildman–Crippen LogP) is 1.50. The Labute approximate surface area is 145 Å². The number of fused-ring (bicyclic) bond motifs is 3.